The van der Waals surface area contributed by atoms with E-state index in [0.29, 0.717) is 12.1 Å². The van der Waals surface area contributed by atoms with Gasteiger partial charge in [-0.05, 0) is 41.4 Å². The molecule has 0 aliphatic carbocycles. The number of rotatable bonds is 3. The summed E-state index contributed by atoms with van der Waals surface area (Å²) >= 11 is 8.43. The van der Waals surface area contributed by atoms with E-state index >= 15 is 0 Å². The van der Waals surface area contributed by atoms with Crippen LogP contribution in [0, 0.1) is 0 Å². The van der Waals surface area contributed by atoms with E-state index in [-0.39, 0.29) is 10.5 Å². The molecule has 6 nitrogen and oxygen atoms in total. The number of nitrogens with zero attached hydrogens (tertiary/aromatic N) is 5. The van der Waals surface area contributed by atoms with Gasteiger partial charge in [-0.25, -0.2) is 0 Å². The molecule has 32 heavy (non-hydrogen) atoms. The van der Waals surface area contributed by atoms with Crippen LogP contribution in [-0.4, -0.2) is 20.3 Å². The summed E-state index contributed by atoms with van der Waals surface area (Å²) in [5, 5.41) is 13.9. The molecule has 0 amide bonds. The Kier molecular flexibility index (Phi) is 4.66. The second-order valence-electron chi connectivity index (χ2n) is 7.62. The molecule has 158 valence electrons. The Morgan fingerprint density at radius 1 is 0.938 bits per heavy atom. The lowest BCUT2D eigenvalue weighted by atomic mass is 9.97. The van der Waals surface area contributed by atoms with Crippen molar-refractivity contribution in [3.63, 3.8) is 0 Å². The largest absolute Gasteiger partial charge is 0.357 e. The van der Waals surface area contributed by atoms with Crippen LogP contribution >= 0.6 is 23.4 Å². The minimum Gasteiger partial charge on any atom is -0.357 e. The number of amidine groups is 1. The van der Waals surface area contributed by atoms with Crippen molar-refractivity contribution in [2.75, 3.05) is 4.90 Å². The first-order valence-corrected chi connectivity index (χ1v) is 11.5. The quantitative estimate of drug-likeness (QED) is 0.367. The minimum atomic E-state index is -1.01. The smallest absolute Gasteiger partial charge is 0.263 e. The zero-order valence-electron chi connectivity index (χ0n) is 16.9. The molecule has 2 aliphatic heterocycles. The molecule has 6 rings (SSSR count). The fourth-order valence-corrected chi connectivity index (χ4v) is 5.81. The van der Waals surface area contributed by atoms with E-state index in [1.165, 1.54) is 5.56 Å². The highest BCUT2D eigenvalue weighted by Crippen LogP contribution is 2.55. The molecule has 0 saturated heterocycles. The number of benzene rings is 3. The number of hydrogen-bond acceptors (Lipinski definition) is 6. The van der Waals surface area contributed by atoms with Crippen LogP contribution in [0.1, 0.15) is 22.9 Å². The maximum atomic E-state index is 6.63. The van der Waals surface area contributed by atoms with Crippen molar-refractivity contribution in [2.45, 2.75) is 22.3 Å². The van der Waals surface area contributed by atoms with Gasteiger partial charge in [-0.2, -0.15) is 9.90 Å². The normalized spacial score (nSPS) is 21.8. The Bertz CT molecular complexity index is 1300. The minimum absolute atomic E-state index is 0.0991. The molecule has 3 heterocycles. The van der Waals surface area contributed by atoms with E-state index in [2.05, 4.69) is 40.6 Å². The highest BCUT2D eigenvalue weighted by molar-refractivity contribution is 7.99. The third kappa shape index (κ3) is 3.08. The van der Waals surface area contributed by atoms with Gasteiger partial charge in [-0.15, -0.1) is 16.9 Å². The van der Waals surface area contributed by atoms with Gasteiger partial charge >= 0.3 is 0 Å². The molecule has 0 fully saturated rings. The predicted octanol–water partition coefficient (Wildman–Crippen LogP) is 5.70. The van der Waals surface area contributed by atoms with E-state index in [9.17, 15) is 0 Å². The number of para-hydroxylation sites is 2. The highest BCUT2D eigenvalue weighted by Gasteiger charge is 2.54. The first kappa shape index (κ1) is 19.4. The molecule has 2 unspecified atom stereocenters. The summed E-state index contributed by atoms with van der Waals surface area (Å²) in [6, 6.07) is 28.4. The van der Waals surface area contributed by atoms with Crippen molar-refractivity contribution in [1.29, 1.82) is 0 Å². The van der Waals surface area contributed by atoms with Crippen LogP contribution in [0.4, 0.5) is 5.69 Å². The zero-order valence-corrected chi connectivity index (χ0v) is 18.4. The summed E-state index contributed by atoms with van der Waals surface area (Å²) in [5.74, 6) is 0. The van der Waals surface area contributed by atoms with Crippen molar-refractivity contribution < 1.29 is 4.84 Å². The lowest BCUT2D eigenvalue weighted by Crippen LogP contribution is -2.46. The van der Waals surface area contributed by atoms with E-state index in [0.717, 1.165) is 16.3 Å². The van der Waals surface area contributed by atoms with Crippen molar-refractivity contribution in [3.8, 4) is 5.69 Å². The molecule has 4 aromatic rings. The molecule has 2 aliphatic rings. The first-order valence-electron chi connectivity index (χ1n) is 10.3. The molecule has 0 bridgehead atoms. The Labute approximate surface area is 194 Å². The van der Waals surface area contributed by atoms with Gasteiger partial charge in [0.2, 0.25) is 5.29 Å². The number of aromatic nitrogens is 3. The second-order valence-corrected chi connectivity index (χ2v) is 9.20. The fourth-order valence-electron chi connectivity index (χ4n) is 4.20. The average Bonchev–Trinajstić information content (AvgIpc) is 3.43. The Hall–Kier alpha value is -3.29. The molecule has 2 atom stereocenters. The molecule has 8 heteroatoms. The maximum Gasteiger partial charge on any atom is 0.263 e. The summed E-state index contributed by atoms with van der Waals surface area (Å²) in [6.45, 7) is 0. The molecule has 0 saturated carbocycles. The van der Waals surface area contributed by atoms with E-state index in [4.69, 9.17) is 21.5 Å². The van der Waals surface area contributed by atoms with Crippen LogP contribution < -0.4 is 4.90 Å². The highest BCUT2D eigenvalue weighted by atomic mass is 35.5. The second kappa shape index (κ2) is 7.69. The molecular formula is C24H18ClN5OS. The van der Waals surface area contributed by atoms with E-state index in [1.54, 1.807) is 22.8 Å². The topological polar surface area (TPSA) is 55.5 Å². The van der Waals surface area contributed by atoms with Crippen molar-refractivity contribution >= 4 is 34.3 Å². The van der Waals surface area contributed by atoms with Gasteiger partial charge in [0.15, 0.2) is 5.69 Å². The summed E-state index contributed by atoms with van der Waals surface area (Å²) in [6.07, 6.45) is 2.33. The van der Waals surface area contributed by atoms with Gasteiger partial charge in [0, 0.05) is 16.6 Å². The van der Waals surface area contributed by atoms with Gasteiger partial charge in [0.05, 0.1) is 17.6 Å². The molecule has 1 aromatic heterocycles. The molecule has 0 N–H and O–H groups in total. The lowest BCUT2D eigenvalue weighted by Gasteiger charge is -2.34. The zero-order chi connectivity index (χ0) is 21.5. The van der Waals surface area contributed by atoms with E-state index < -0.39 is 5.72 Å². The number of anilines is 1. The number of fused-ring (bicyclic) bond motifs is 3. The monoisotopic (exact) mass is 459 g/mol. The van der Waals surface area contributed by atoms with Crippen LogP contribution in [0.15, 0.2) is 101 Å². The number of thioether (sulfide) groups is 1. The molecule has 0 spiro atoms. The summed E-state index contributed by atoms with van der Waals surface area (Å²) in [4.78, 5) is 10.8. The third-order valence-electron chi connectivity index (χ3n) is 5.71. The predicted molar refractivity (Wildman–Crippen MR) is 126 cm³/mol. The fraction of sp³-hybridized carbons (Fsp3) is 0.125. The lowest BCUT2D eigenvalue weighted by molar-refractivity contribution is -0.0318. The number of hydrogen-bond donors (Lipinski definition) is 0. The van der Waals surface area contributed by atoms with Crippen molar-refractivity contribution in [3.05, 3.63) is 102 Å². The van der Waals surface area contributed by atoms with E-state index in [1.807, 2.05) is 59.5 Å². The Morgan fingerprint density at radius 2 is 1.66 bits per heavy atom. The van der Waals surface area contributed by atoms with Crippen LogP contribution in [-0.2, 0) is 10.6 Å². The Morgan fingerprint density at radius 3 is 2.47 bits per heavy atom. The Balaban J connectivity index is 1.52. The molecule has 3 aromatic carbocycles. The van der Waals surface area contributed by atoms with Crippen LogP contribution in [0.5, 0.6) is 0 Å². The summed E-state index contributed by atoms with van der Waals surface area (Å²) in [5.41, 5.74) is 2.66. The van der Waals surface area contributed by atoms with Crippen molar-refractivity contribution in [2.24, 2.45) is 5.16 Å². The standard InChI is InChI=1S/C24H18ClN5OS/c25-23-28-31-24(22-16-26-30(27-22)18-11-5-2-6-12-18)15-21(17-9-3-1-4-10-17)32-20-14-8-7-13-19(20)29(23)24/h1-14,16,21H,15H2. The SMILES string of the molecule is ClC1=NOC2(c3cnn(-c4ccccc4)n3)CC(c3ccccc3)Sc3ccccc3N12. The third-order valence-corrected chi connectivity index (χ3v) is 7.27. The maximum absolute atomic E-state index is 6.63. The van der Waals surface area contributed by atoms with Gasteiger partial charge in [-0.3, -0.25) is 4.90 Å². The molecular weight excluding hydrogens is 442 g/mol. The van der Waals surface area contributed by atoms with Crippen molar-refractivity contribution in [1.82, 2.24) is 15.0 Å². The van der Waals surface area contributed by atoms with Crippen LogP contribution in [0.25, 0.3) is 5.69 Å². The van der Waals surface area contributed by atoms with Crippen LogP contribution in [0.3, 0.4) is 0 Å². The van der Waals surface area contributed by atoms with Gasteiger partial charge in [0.1, 0.15) is 0 Å². The first-order chi connectivity index (χ1) is 15.7. The summed E-state index contributed by atoms with van der Waals surface area (Å²) < 4.78 is 0. The average molecular weight is 460 g/mol. The summed E-state index contributed by atoms with van der Waals surface area (Å²) in [7, 11) is 0. The van der Waals surface area contributed by atoms with Gasteiger partial charge < -0.3 is 4.84 Å². The molecule has 0 radical (unpaired) electrons. The van der Waals surface area contributed by atoms with Gasteiger partial charge in [0.25, 0.3) is 5.72 Å². The number of halogens is 1. The number of oxime groups is 1. The van der Waals surface area contributed by atoms with Gasteiger partial charge in [-0.1, -0.05) is 65.8 Å². The van der Waals surface area contributed by atoms with Crippen LogP contribution in [0.2, 0.25) is 0 Å².